The van der Waals surface area contributed by atoms with Gasteiger partial charge in [0.1, 0.15) is 0 Å². The Morgan fingerprint density at radius 1 is 1.41 bits per heavy atom. The number of nitrogens with one attached hydrogen (secondary N) is 1. The molecular weight excluding hydrogens is 230 g/mol. The minimum atomic E-state index is -1.29. The molecule has 1 saturated carbocycles. The summed E-state index contributed by atoms with van der Waals surface area (Å²) in [6.45, 7) is 0. The lowest BCUT2D eigenvalue weighted by Gasteiger charge is -2.11. The lowest BCUT2D eigenvalue weighted by molar-refractivity contribution is -0.0127. The average Bonchev–Trinajstić information content (AvgIpc) is 2.82. The maximum Gasteiger partial charge on any atom is 0.278 e. The molecule has 1 aliphatic carbocycles. The zero-order chi connectivity index (χ0) is 12.3. The number of rotatable bonds is 3. The van der Waals surface area contributed by atoms with Crippen molar-refractivity contribution in [2.24, 2.45) is 0 Å². The molecule has 1 N–H and O–H groups in total. The lowest BCUT2D eigenvalue weighted by Crippen LogP contribution is -2.29. The van der Waals surface area contributed by atoms with Gasteiger partial charge in [-0.15, -0.1) is 0 Å². The van der Waals surface area contributed by atoms with E-state index in [0.29, 0.717) is 0 Å². The molecule has 0 atom stereocenters. The van der Waals surface area contributed by atoms with Gasteiger partial charge in [-0.2, -0.15) is 4.39 Å². The van der Waals surface area contributed by atoms with Crippen LogP contribution in [-0.4, -0.2) is 17.0 Å². The number of hydrogen-bond donors (Lipinski definition) is 1. The van der Waals surface area contributed by atoms with Gasteiger partial charge < -0.3 is 0 Å². The Morgan fingerprint density at radius 2 is 2.12 bits per heavy atom. The van der Waals surface area contributed by atoms with Crippen LogP contribution in [0, 0.1) is 11.8 Å². The van der Waals surface area contributed by atoms with E-state index in [9.17, 15) is 13.6 Å². The van der Waals surface area contributed by atoms with Gasteiger partial charge in [0, 0.05) is 6.20 Å². The summed E-state index contributed by atoms with van der Waals surface area (Å²) in [6, 6.07) is 1.10. The van der Waals surface area contributed by atoms with Crippen LogP contribution in [0.5, 0.6) is 0 Å². The van der Waals surface area contributed by atoms with Gasteiger partial charge in [0.25, 0.3) is 5.91 Å². The summed E-state index contributed by atoms with van der Waals surface area (Å²) in [5.74, 6) is -3.35. The molecule has 0 radical (unpaired) electrons. The minimum absolute atomic E-state index is 0.0336. The first kappa shape index (κ1) is 11.9. The summed E-state index contributed by atoms with van der Waals surface area (Å²) in [5.41, 5.74) is 1.73. The summed E-state index contributed by atoms with van der Waals surface area (Å²) < 4.78 is 26.0. The fraction of sp³-hybridized carbons (Fsp3) is 0.455. The third-order valence-corrected chi connectivity index (χ3v) is 2.71. The monoisotopic (exact) mass is 242 g/mol. The largest absolute Gasteiger partial charge is 0.278 e. The summed E-state index contributed by atoms with van der Waals surface area (Å²) >= 11 is 0. The topological polar surface area (TPSA) is 51.2 Å². The van der Waals surface area contributed by atoms with E-state index in [-0.39, 0.29) is 6.10 Å². The molecule has 0 saturated heterocycles. The van der Waals surface area contributed by atoms with Gasteiger partial charge in [0.05, 0.1) is 11.7 Å². The predicted molar refractivity (Wildman–Crippen MR) is 55.0 cm³/mol. The molecule has 1 amide bonds. The highest BCUT2D eigenvalue weighted by Gasteiger charge is 2.20. The second kappa shape index (κ2) is 5.18. The van der Waals surface area contributed by atoms with Crippen LogP contribution in [0.4, 0.5) is 8.78 Å². The van der Waals surface area contributed by atoms with Crippen LogP contribution in [0.15, 0.2) is 12.3 Å². The quantitative estimate of drug-likeness (QED) is 0.651. The Labute approximate surface area is 96.9 Å². The van der Waals surface area contributed by atoms with Crippen LogP contribution in [0.3, 0.4) is 0 Å². The first-order valence-corrected chi connectivity index (χ1v) is 5.44. The number of nitrogens with zero attached hydrogens (tertiary/aromatic N) is 1. The van der Waals surface area contributed by atoms with Gasteiger partial charge in [-0.25, -0.2) is 14.9 Å². The van der Waals surface area contributed by atoms with Crippen LogP contribution >= 0.6 is 0 Å². The Kier molecular flexibility index (Phi) is 3.63. The zero-order valence-electron chi connectivity index (χ0n) is 9.08. The standard InChI is InChI=1S/C11H12F2N2O2/c12-9-8(5-6-14-10(9)13)11(16)15-17-7-3-1-2-4-7/h5-7H,1-4H2,(H,15,16). The summed E-state index contributed by atoms with van der Waals surface area (Å²) in [7, 11) is 0. The van der Waals surface area contributed by atoms with Crippen molar-refractivity contribution in [1.29, 1.82) is 0 Å². The zero-order valence-corrected chi connectivity index (χ0v) is 9.08. The van der Waals surface area contributed by atoms with E-state index in [2.05, 4.69) is 10.5 Å². The number of pyridine rings is 1. The van der Waals surface area contributed by atoms with Crippen LogP contribution < -0.4 is 5.48 Å². The molecule has 0 aliphatic heterocycles. The summed E-state index contributed by atoms with van der Waals surface area (Å²) in [4.78, 5) is 19.7. The van der Waals surface area contributed by atoms with Crippen LogP contribution in [-0.2, 0) is 4.84 Å². The molecule has 1 aliphatic rings. The predicted octanol–water partition coefficient (Wildman–Crippen LogP) is 1.96. The highest BCUT2D eigenvalue weighted by atomic mass is 19.2. The van der Waals surface area contributed by atoms with E-state index < -0.39 is 23.2 Å². The van der Waals surface area contributed by atoms with Gasteiger partial charge in [-0.1, -0.05) is 12.8 Å². The fourth-order valence-electron chi connectivity index (χ4n) is 1.79. The van der Waals surface area contributed by atoms with E-state index in [1.807, 2.05) is 0 Å². The molecule has 6 heteroatoms. The molecule has 2 rings (SSSR count). The molecular formula is C11H12F2N2O2. The molecule has 0 aromatic carbocycles. The molecule has 4 nitrogen and oxygen atoms in total. The Hall–Kier alpha value is -1.56. The van der Waals surface area contributed by atoms with Crippen LogP contribution in [0.1, 0.15) is 36.0 Å². The molecule has 1 aromatic heterocycles. The van der Waals surface area contributed by atoms with E-state index in [0.717, 1.165) is 37.9 Å². The van der Waals surface area contributed by atoms with E-state index >= 15 is 0 Å². The third-order valence-electron chi connectivity index (χ3n) is 2.71. The number of carbonyl (C=O) groups is 1. The highest BCUT2D eigenvalue weighted by Crippen LogP contribution is 2.20. The van der Waals surface area contributed by atoms with Gasteiger partial charge in [-0.05, 0) is 18.9 Å². The highest BCUT2D eigenvalue weighted by molar-refractivity contribution is 5.93. The van der Waals surface area contributed by atoms with Gasteiger partial charge >= 0.3 is 0 Å². The van der Waals surface area contributed by atoms with Gasteiger partial charge in [-0.3, -0.25) is 9.63 Å². The fourth-order valence-corrected chi connectivity index (χ4v) is 1.79. The van der Waals surface area contributed by atoms with E-state index in [1.54, 1.807) is 0 Å². The van der Waals surface area contributed by atoms with Crippen molar-refractivity contribution in [3.8, 4) is 0 Å². The maximum atomic E-state index is 13.2. The third kappa shape index (κ3) is 2.76. The molecule has 0 unspecified atom stereocenters. The number of hydrogen-bond acceptors (Lipinski definition) is 3. The maximum absolute atomic E-state index is 13.2. The number of halogens is 2. The number of amides is 1. The number of aromatic nitrogens is 1. The SMILES string of the molecule is O=C(NOC1CCCC1)c1ccnc(F)c1F. The van der Waals surface area contributed by atoms with Crippen molar-refractivity contribution in [3.63, 3.8) is 0 Å². The molecule has 17 heavy (non-hydrogen) atoms. The van der Waals surface area contributed by atoms with Crippen molar-refractivity contribution in [3.05, 3.63) is 29.6 Å². The first-order valence-electron chi connectivity index (χ1n) is 5.44. The molecule has 1 heterocycles. The molecule has 92 valence electrons. The molecule has 0 spiro atoms. The number of carbonyl (C=O) groups excluding carboxylic acids is 1. The smallest absolute Gasteiger partial charge is 0.270 e. The Morgan fingerprint density at radius 3 is 2.82 bits per heavy atom. The Balaban J connectivity index is 1.97. The van der Waals surface area contributed by atoms with Crippen molar-refractivity contribution in [1.82, 2.24) is 10.5 Å². The Bertz CT molecular complexity index is 420. The van der Waals surface area contributed by atoms with Crippen molar-refractivity contribution in [2.45, 2.75) is 31.8 Å². The first-order chi connectivity index (χ1) is 8.18. The second-order valence-electron chi connectivity index (χ2n) is 3.92. The van der Waals surface area contributed by atoms with Gasteiger partial charge in [0.2, 0.25) is 5.95 Å². The van der Waals surface area contributed by atoms with Crippen LogP contribution in [0.25, 0.3) is 0 Å². The molecule has 0 bridgehead atoms. The van der Waals surface area contributed by atoms with Crippen molar-refractivity contribution >= 4 is 5.91 Å². The molecule has 1 aromatic rings. The summed E-state index contributed by atoms with van der Waals surface area (Å²) in [6.07, 6.45) is 4.84. The van der Waals surface area contributed by atoms with Crippen molar-refractivity contribution in [2.75, 3.05) is 0 Å². The van der Waals surface area contributed by atoms with E-state index in [1.165, 1.54) is 0 Å². The lowest BCUT2D eigenvalue weighted by atomic mass is 10.2. The number of hydroxylamine groups is 1. The van der Waals surface area contributed by atoms with E-state index in [4.69, 9.17) is 4.84 Å². The second-order valence-corrected chi connectivity index (χ2v) is 3.92. The van der Waals surface area contributed by atoms with Crippen LogP contribution in [0.2, 0.25) is 0 Å². The van der Waals surface area contributed by atoms with Crippen molar-refractivity contribution < 1.29 is 18.4 Å². The average molecular weight is 242 g/mol. The summed E-state index contributed by atoms with van der Waals surface area (Å²) in [5, 5.41) is 0. The normalized spacial score (nSPS) is 16.1. The van der Waals surface area contributed by atoms with Gasteiger partial charge in [0.15, 0.2) is 5.82 Å². The molecule has 1 fully saturated rings. The minimum Gasteiger partial charge on any atom is -0.270 e.